The fraction of sp³-hybridized carbons (Fsp3) is 0.100. The van der Waals surface area contributed by atoms with Crippen LogP contribution in [0.25, 0.3) is 33.7 Å². The number of aromatic nitrogens is 7. The van der Waals surface area contributed by atoms with Gasteiger partial charge < -0.3 is 14.2 Å². The summed E-state index contributed by atoms with van der Waals surface area (Å²) in [6.45, 7) is 0.294. The second kappa shape index (κ2) is 7.52. The van der Waals surface area contributed by atoms with Crippen LogP contribution < -0.4 is 9.42 Å². The lowest BCUT2D eigenvalue weighted by molar-refractivity contribution is -0.746. The Balaban J connectivity index is 1.40. The number of ether oxygens (including phenoxy) is 1. The van der Waals surface area contributed by atoms with Crippen LogP contribution in [0, 0.1) is 11.6 Å². The molecule has 0 spiro atoms. The van der Waals surface area contributed by atoms with Gasteiger partial charge in [0.1, 0.15) is 28.7 Å². The number of hydrogen-bond acceptors (Lipinski definition) is 7. The van der Waals surface area contributed by atoms with Crippen LogP contribution in [0.3, 0.4) is 0 Å². The predicted octanol–water partition coefficient (Wildman–Crippen LogP) is 2.69. The largest absolute Gasteiger partial charge is 0.467 e. The van der Waals surface area contributed by atoms with Crippen molar-refractivity contribution >= 4 is 11.0 Å². The fourth-order valence-corrected chi connectivity index (χ4v) is 3.05. The van der Waals surface area contributed by atoms with E-state index in [9.17, 15) is 8.78 Å². The molecule has 0 amide bonds. The van der Waals surface area contributed by atoms with Crippen LogP contribution in [-0.4, -0.2) is 37.3 Å². The standard InChI is InChI=1S/C20H13F2N7O2/c1-30-20-23-6-11(7-24-20)15-5-12(31-28-15)9-29-10-17-16(8-25-29)26-19(27-17)13-3-2-4-14(21)18(13)22/h2-8,10H,9H2,1H3/p+1. The molecule has 0 atom stereocenters. The van der Waals surface area contributed by atoms with Gasteiger partial charge in [-0.3, -0.25) is 0 Å². The van der Waals surface area contributed by atoms with E-state index in [-0.39, 0.29) is 17.4 Å². The highest BCUT2D eigenvalue weighted by molar-refractivity contribution is 5.77. The molecule has 154 valence electrons. The van der Waals surface area contributed by atoms with Crippen molar-refractivity contribution in [2.45, 2.75) is 6.54 Å². The van der Waals surface area contributed by atoms with Crippen molar-refractivity contribution in [2.75, 3.05) is 7.11 Å². The van der Waals surface area contributed by atoms with Crippen LogP contribution in [0.5, 0.6) is 6.01 Å². The van der Waals surface area contributed by atoms with Crippen molar-refractivity contribution in [1.29, 1.82) is 0 Å². The van der Waals surface area contributed by atoms with Gasteiger partial charge in [0, 0.05) is 24.0 Å². The first-order chi connectivity index (χ1) is 15.1. The Kier molecular flexibility index (Phi) is 4.54. The van der Waals surface area contributed by atoms with Gasteiger partial charge in [0.05, 0.1) is 12.7 Å². The van der Waals surface area contributed by atoms with E-state index in [2.05, 4.69) is 30.2 Å². The highest BCUT2D eigenvalue weighted by Crippen LogP contribution is 2.24. The number of aromatic amines is 1. The second-order valence-corrected chi connectivity index (χ2v) is 6.59. The third-order valence-electron chi connectivity index (χ3n) is 4.56. The molecule has 0 aliphatic carbocycles. The van der Waals surface area contributed by atoms with Gasteiger partial charge in [-0.25, -0.2) is 23.7 Å². The Bertz CT molecular complexity index is 1380. The Morgan fingerprint density at radius 1 is 1.16 bits per heavy atom. The fourth-order valence-electron chi connectivity index (χ4n) is 3.05. The summed E-state index contributed by atoms with van der Waals surface area (Å²) in [5.41, 5.74) is 2.43. The Morgan fingerprint density at radius 3 is 2.81 bits per heavy atom. The van der Waals surface area contributed by atoms with Crippen LogP contribution in [0.2, 0.25) is 0 Å². The van der Waals surface area contributed by atoms with Crippen molar-refractivity contribution in [1.82, 2.24) is 30.2 Å². The summed E-state index contributed by atoms with van der Waals surface area (Å²) in [5.74, 6) is -1.12. The van der Waals surface area contributed by atoms with Gasteiger partial charge >= 0.3 is 6.01 Å². The molecule has 0 aliphatic rings. The molecule has 0 saturated heterocycles. The zero-order chi connectivity index (χ0) is 21.4. The summed E-state index contributed by atoms with van der Waals surface area (Å²) < 4.78 is 39.5. The van der Waals surface area contributed by atoms with Crippen molar-refractivity contribution in [2.24, 2.45) is 0 Å². The third kappa shape index (κ3) is 3.56. The zero-order valence-corrected chi connectivity index (χ0v) is 16.1. The zero-order valence-electron chi connectivity index (χ0n) is 16.1. The van der Waals surface area contributed by atoms with Crippen molar-refractivity contribution < 1.29 is 22.7 Å². The molecule has 0 bridgehead atoms. The van der Waals surface area contributed by atoms with Crippen LogP contribution >= 0.6 is 0 Å². The maximum atomic E-state index is 14.1. The number of imidazole rings is 1. The number of nitrogens with one attached hydrogen (secondary N) is 1. The van der Waals surface area contributed by atoms with E-state index in [1.54, 1.807) is 29.3 Å². The number of fused-ring (bicyclic) bond motifs is 1. The maximum absolute atomic E-state index is 14.1. The van der Waals surface area contributed by atoms with E-state index in [4.69, 9.17) is 9.26 Å². The lowest BCUT2D eigenvalue weighted by Gasteiger charge is -1.99. The number of nitrogens with zero attached hydrogens (tertiary/aromatic N) is 6. The first-order valence-electron chi connectivity index (χ1n) is 9.12. The molecule has 1 N–H and O–H groups in total. The molecule has 0 aliphatic heterocycles. The molecule has 0 unspecified atom stereocenters. The molecule has 31 heavy (non-hydrogen) atoms. The number of H-pyrrole nitrogens is 1. The molecule has 1 aromatic carbocycles. The van der Waals surface area contributed by atoms with Gasteiger partial charge in [0.25, 0.3) is 0 Å². The highest BCUT2D eigenvalue weighted by atomic mass is 19.2. The Morgan fingerprint density at radius 2 is 2.00 bits per heavy atom. The molecule has 5 aromatic rings. The van der Waals surface area contributed by atoms with Crippen LogP contribution in [-0.2, 0) is 6.54 Å². The van der Waals surface area contributed by atoms with Crippen LogP contribution in [0.1, 0.15) is 5.76 Å². The van der Waals surface area contributed by atoms with Gasteiger partial charge in [0.15, 0.2) is 11.6 Å². The molecule has 0 saturated carbocycles. The van der Waals surface area contributed by atoms with E-state index in [0.29, 0.717) is 34.6 Å². The van der Waals surface area contributed by atoms with Gasteiger partial charge in [-0.15, -0.1) is 0 Å². The van der Waals surface area contributed by atoms with E-state index in [1.165, 1.54) is 25.4 Å². The Labute approximate surface area is 173 Å². The molecular weight excluding hydrogens is 408 g/mol. The van der Waals surface area contributed by atoms with E-state index >= 15 is 0 Å². The minimum atomic E-state index is -0.959. The molecule has 5 rings (SSSR count). The van der Waals surface area contributed by atoms with Crippen LogP contribution in [0.15, 0.2) is 53.6 Å². The monoisotopic (exact) mass is 422 g/mol. The molecule has 0 radical (unpaired) electrons. The number of methoxy groups -OCH3 is 1. The molecule has 9 nitrogen and oxygen atoms in total. The minimum Gasteiger partial charge on any atom is -0.467 e. The summed E-state index contributed by atoms with van der Waals surface area (Å²) in [7, 11) is 1.49. The van der Waals surface area contributed by atoms with Gasteiger partial charge in [-0.2, -0.15) is 0 Å². The number of rotatable bonds is 5. The van der Waals surface area contributed by atoms with E-state index in [0.717, 1.165) is 6.07 Å². The summed E-state index contributed by atoms with van der Waals surface area (Å²) in [4.78, 5) is 15.4. The topological polar surface area (TPSA) is 106 Å². The van der Waals surface area contributed by atoms with Crippen molar-refractivity contribution in [3.05, 3.63) is 66.4 Å². The normalized spacial score (nSPS) is 11.2. The maximum Gasteiger partial charge on any atom is 0.316 e. The Hall–Kier alpha value is -4.28. The van der Waals surface area contributed by atoms with Crippen molar-refractivity contribution in [3.63, 3.8) is 0 Å². The predicted molar refractivity (Wildman–Crippen MR) is 103 cm³/mol. The van der Waals surface area contributed by atoms with E-state index in [1.807, 2.05) is 0 Å². The second-order valence-electron chi connectivity index (χ2n) is 6.59. The summed E-state index contributed by atoms with van der Waals surface area (Å²) >= 11 is 0. The van der Waals surface area contributed by atoms with Crippen LogP contribution in [0.4, 0.5) is 8.78 Å². The number of benzene rings is 1. The lowest BCUT2D eigenvalue weighted by Crippen LogP contribution is -2.37. The number of hydrogen-bond donors (Lipinski definition) is 1. The number of halogens is 2. The molecule has 4 aromatic heterocycles. The first kappa shape index (κ1) is 18.7. The molecule has 11 heteroatoms. The van der Waals surface area contributed by atoms with Gasteiger partial charge in [0.2, 0.25) is 18.5 Å². The van der Waals surface area contributed by atoms with Gasteiger partial charge in [-0.1, -0.05) is 15.9 Å². The summed E-state index contributed by atoms with van der Waals surface area (Å²) in [6, 6.07) is 5.95. The highest BCUT2D eigenvalue weighted by Gasteiger charge is 2.17. The van der Waals surface area contributed by atoms with E-state index < -0.39 is 11.6 Å². The SMILES string of the molecule is COc1ncc(-c2cc(C[n+]3cc4[nH]c(-c5cccc(F)c5F)nc4cn3)on2)cn1. The summed E-state index contributed by atoms with van der Waals surface area (Å²) in [5, 5.41) is 8.32. The average molecular weight is 422 g/mol. The third-order valence-corrected chi connectivity index (χ3v) is 4.56. The summed E-state index contributed by atoms with van der Waals surface area (Å²) in [6.07, 6.45) is 6.40. The molecular formula is C20H14F2N7O2+. The molecule has 0 fully saturated rings. The van der Waals surface area contributed by atoms with Gasteiger partial charge in [-0.05, 0) is 17.2 Å². The average Bonchev–Trinajstić information content (AvgIpc) is 3.42. The lowest BCUT2D eigenvalue weighted by atomic mass is 10.2. The minimum absolute atomic E-state index is 0.0457. The molecule has 4 heterocycles. The first-order valence-corrected chi connectivity index (χ1v) is 9.12. The van der Waals surface area contributed by atoms with Crippen molar-refractivity contribution in [3.8, 4) is 28.7 Å². The quantitative estimate of drug-likeness (QED) is 0.434. The smallest absolute Gasteiger partial charge is 0.316 e.